The number of aliphatic hydroxyl groups is 2. The molecular weight excluding hydrogens is 552 g/mol. The topological polar surface area (TPSA) is 93.1 Å². The number of hydrogen-bond donors (Lipinski definition) is 2. The predicted octanol–water partition coefficient (Wildman–Crippen LogP) is 9.27. The predicted molar refractivity (Wildman–Crippen MR) is 183 cm³/mol. The minimum atomic E-state index is -0.846. The van der Waals surface area contributed by atoms with Crippen LogP contribution < -0.4 is 0 Å². The fourth-order valence-electron chi connectivity index (χ4n) is 4.44. The van der Waals surface area contributed by atoms with Crippen LogP contribution in [0.25, 0.3) is 0 Å². The Morgan fingerprint density at radius 2 is 1.25 bits per heavy atom. The first kappa shape index (κ1) is 41.6. The number of unbranched alkanes of at least 4 members (excludes halogenated alkanes) is 7. The molecule has 6 heteroatoms. The second-order valence-corrected chi connectivity index (χ2v) is 11.7. The summed E-state index contributed by atoms with van der Waals surface area (Å²) in [5.74, 6) is 0.0379. The van der Waals surface area contributed by atoms with Gasteiger partial charge in [-0.25, -0.2) is 0 Å². The van der Waals surface area contributed by atoms with E-state index in [1.807, 2.05) is 18.2 Å². The maximum atomic E-state index is 12.1. The van der Waals surface area contributed by atoms with Crippen molar-refractivity contribution in [1.82, 2.24) is 0 Å². The number of allylic oxidation sites excluding steroid dienone is 9. The zero-order valence-electron chi connectivity index (χ0n) is 28.2. The number of carbonyl (C=O) groups is 2. The van der Waals surface area contributed by atoms with Gasteiger partial charge in [-0.05, 0) is 50.9 Å². The summed E-state index contributed by atoms with van der Waals surface area (Å²) in [7, 11) is 0. The standard InChI is InChI=1S/C38H64O6/c1-4-6-7-8-9-10-11-12-13-14-18-21-24-28-35(40)29-26-31-37(41)43-33-36(32-39)44-38(42)30-25-22-19-16-15-17-20-23-27-34(3)5-2/h6-7,9-10,12-13,18,21,24,28,34-36,39-40H,4-5,8,11,14-17,19-20,22-23,25-27,29-33H2,1-3H3/b7-6-,10-9-,13-12-,21-18-,28-24+/t34?,35?,36-/m0/s1. The third kappa shape index (κ3) is 29.6. The highest BCUT2D eigenvalue weighted by Gasteiger charge is 2.16. The zero-order chi connectivity index (χ0) is 32.5. The van der Waals surface area contributed by atoms with Gasteiger partial charge >= 0.3 is 11.9 Å². The molecule has 0 aromatic heterocycles. The Morgan fingerprint density at radius 3 is 1.86 bits per heavy atom. The van der Waals surface area contributed by atoms with Gasteiger partial charge in [0, 0.05) is 12.8 Å². The molecule has 252 valence electrons. The van der Waals surface area contributed by atoms with Crippen LogP contribution in [0.3, 0.4) is 0 Å². The molecule has 2 unspecified atom stereocenters. The first-order chi connectivity index (χ1) is 21.4. The average Bonchev–Trinajstić information content (AvgIpc) is 3.02. The molecule has 0 saturated carbocycles. The van der Waals surface area contributed by atoms with Gasteiger partial charge in [0.1, 0.15) is 6.61 Å². The van der Waals surface area contributed by atoms with E-state index in [-0.39, 0.29) is 19.0 Å². The SMILES string of the molecule is CC/C=C\C/C=C\C/C=C\C/C=C\C=C\C(O)CCCC(=O)OC[C@H](CO)OC(=O)CCCCCCCCCCC(C)CC. The van der Waals surface area contributed by atoms with E-state index in [0.717, 1.165) is 50.9 Å². The van der Waals surface area contributed by atoms with Gasteiger partial charge in [-0.3, -0.25) is 9.59 Å². The number of aliphatic hydroxyl groups excluding tert-OH is 2. The Kier molecular flexibility index (Phi) is 30.2. The molecule has 0 rings (SSSR count). The molecule has 0 saturated heterocycles. The van der Waals surface area contributed by atoms with Gasteiger partial charge in [0.15, 0.2) is 6.10 Å². The lowest BCUT2D eigenvalue weighted by Crippen LogP contribution is -2.28. The summed E-state index contributed by atoms with van der Waals surface area (Å²) < 4.78 is 10.5. The first-order valence-corrected chi connectivity index (χ1v) is 17.3. The van der Waals surface area contributed by atoms with Crippen LogP contribution in [-0.2, 0) is 19.1 Å². The highest BCUT2D eigenvalue weighted by atomic mass is 16.6. The minimum Gasteiger partial charge on any atom is -0.462 e. The third-order valence-electron chi connectivity index (χ3n) is 7.47. The molecule has 2 N–H and O–H groups in total. The summed E-state index contributed by atoms with van der Waals surface area (Å²) in [6.07, 6.45) is 35.9. The molecule has 3 atom stereocenters. The van der Waals surface area contributed by atoms with Crippen molar-refractivity contribution >= 4 is 11.9 Å². The lowest BCUT2D eigenvalue weighted by Gasteiger charge is -2.16. The van der Waals surface area contributed by atoms with Crippen LogP contribution in [0.4, 0.5) is 0 Å². The molecule has 0 aliphatic carbocycles. The molecule has 0 aromatic carbocycles. The largest absolute Gasteiger partial charge is 0.462 e. The third-order valence-corrected chi connectivity index (χ3v) is 7.47. The summed E-state index contributed by atoms with van der Waals surface area (Å²) in [6.45, 7) is 6.16. The quantitative estimate of drug-likeness (QED) is 0.0377. The highest BCUT2D eigenvalue weighted by molar-refractivity contribution is 5.70. The van der Waals surface area contributed by atoms with E-state index in [1.54, 1.807) is 6.08 Å². The first-order valence-electron chi connectivity index (χ1n) is 17.3. The van der Waals surface area contributed by atoms with Crippen molar-refractivity contribution in [2.45, 2.75) is 149 Å². The van der Waals surface area contributed by atoms with Crippen molar-refractivity contribution in [3.8, 4) is 0 Å². The van der Waals surface area contributed by atoms with Crippen molar-refractivity contribution in [2.75, 3.05) is 13.2 Å². The van der Waals surface area contributed by atoms with Crippen LogP contribution in [-0.4, -0.2) is 47.6 Å². The van der Waals surface area contributed by atoms with Crippen LogP contribution in [0, 0.1) is 5.92 Å². The lowest BCUT2D eigenvalue weighted by atomic mass is 9.99. The van der Waals surface area contributed by atoms with Gasteiger partial charge in [-0.15, -0.1) is 0 Å². The van der Waals surface area contributed by atoms with Crippen LogP contribution in [0.15, 0.2) is 60.8 Å². The molecule has 6 nitrogen and oxygen atoms in total. The molecular formula is C38H64O6. The number of ether oxygens (including phenoxy) is 2. The summed E-state index contributed by atoms with van der Waals surface area (Å²) in [5, 5.41) is 19.6. The monoisotopic (exact) mass is 616 g/mol. The van der Waals surface area contributed by atoms with Crippen molar-refractivity contribution < 1.29 is 29.3 Å². The van der Waals surface area contributed by atoms with E-state index in [2.05, 4.69) is 57.2 Å². The fourth-order valence-corrected chi connectivity index (χ4v) is 4.44. The Bertz CT molecular complexity index is 825. The summed E-state index contributed by atoms with van der Waals surface area (Å²) in [4.78, 5) is 24.2. The van der Waals surface area contributed by atoms with Gasteiger partial charge in [-0.2, -0.15) is 0 Å². The minimum absolute atomic E-state index is 0.152. The Morgan fingerprint density at radius 1 is 0.682 bits per heavy atom. The van der Waals surface area contributed by atoms with E-state index < -0.39 is 24.8 Å². The molecule has 0 fully saturated rings. The van der Waals surface area contributed by atoms with Crippen LogP contribution in [0.1, 0.15) is 136 Å². The van der Waals surface area contributed by atoms with Crippen molar-refractivity contribution in [2.24, 2.45) is 5.92 Å². The van der Waals surface area contributed by atoms with E-state index >= 15 is 0 Å². The summed E-state index contributed by atoms with van der Waals surface area (Å²) in [5.41, 5.74) is 0. The van der Waals surface area contributed by atoms with Gasteiger partial charge in [0.05, 0.1) is 12.7 Å². The molecule has 0 heterocycles. The normalized spacial score (nSPS) is 14.4. The van der Waals surface area contributed by atoms with Crippen molar-refractivity contribution in [3.05, 3.63) is 60.8 Å². The molecule has 0 aliphatic heterocycles. The molecule has 0 aliphatic rings. The zero-order valence-corrected chi connectivity index (χ0v) is 28.2. The maximum absolute atomic E-state index is 12.1. The number of carbonyl (C=O) groups excluding carboxylic acids is 2. The van der Waals surface area contributed by atoms with E-state index in [0.29, 0.717) is 19.3 Å². The maximum Gasteiger partial charge on any atom is 0.306 e. The lowest BCUT2D eigenvalue weighted by molar-refractivity contribution is -0.161. The average molecular weight is 617 g/mol. The molecule has 0 spiro atoms. The molecule has 0 bridgehead atoms. The Balaban J connectivity index is 3.85. The van der Waals surface area contributed by atoms with E-state index in [4.69, 9.17) is 9.47 Å². The van der Waals surface area contributed by atoms with Crippen molar-refractivity contribution in [3.63, 3.8) is 0 Å². The van der Waals surface area contributed by atoms with Gasteiger partial charge in [-0.1, -0.05) is 139 Å². The number of hydrogen-bond acceptors (Lipinski definition) is 6. The molecule has 0 amide bonds. The van der Waals surface area contributed by atoms with Gasteiger partial charge in [0.2, 0.25) is 0 Å². The van der Waals surface area contributed by atoms with Crippen molar-refractivity contribution in [1.29, 1.82) is 0 Å². The van der Waals surface area contributed by atoms with E-state index in [9.17, 15) is 19.8 Å². The summed E-state index contributed by atoms with van der Waals surface area (Å²) in [6, 6.07) is 0. The second-order valence-electron chi connectivity index (χ2n) is 11.7. The van der Waals surface area contributed by atoms with Gasteiger partial charge < -0.3 is 19.7 Å². The highest BCUT2D eigenvalue weighted by Crippen LogP contribution is 2.15. The number of rotatable bonds is 29. The van der Waals surface area contributed by atoms with Crippen LogP contribution >= 0.6 is 0 Å². The summed E-state index contributed by atoms with van der Waals surface area (Å²) >= 11 is 0. The fraction of sp³-hybridized carbons (Fsp3) is 0.684. The molecule has 0 radical (unpaired) electrons. The van der Waals surface area contributed by atoms with E-state index in [1.165, 1.54) is 44.9 Å². The smallest absolute Gasteiger partial charge is 0.306 e. The second kappa shape index (κ2) is 32.0. The van der Waals surface area contributed by atoms with Crippen LogP contribution in [0.2, 0.25) is 0 Å². The molecule has 44 heavy (non-hydrogen) atoms. The van der Waals surface area contributed by atoms with Gasteiger partial charge in [0.25, 0.3) is 0 Å². The van der Waals surface area contributed by atoms with Crippen LogP contribution in [0.5, 0.6) is 0 Å². The Labute approximate surface area is 269 Å². The Hall–Kier alpha value is -2.44. The number of esters is 2. The molecule has 0 aromatic rings.